The Morgan fingerprint density at radius 1 is 1.18 bits per heavy atom. The van der Waals surface area contributed by atoms with Gasteiger partial charge in [-0.3, -0.25) is 24.2 Å². The van der Waals surface area contributed by atoms with E-state index in [9.17, 15) is 24.8 Å². The van der Waals surface area contributed by atoms with Crippen molar-refractivity contribution in [1.82, 2.24) is 15.1 Å². The van der Waals surface area contributed by atoms with Crippen LogP contribution in [0.5, 0.6) is 11.5 Å². The molecule has 1 saturated heterocycles. The average molecular weight is 551 g/mol. The quantitative estimate of drug-likeness (QED) is 0.397. The molecule has 0 saturated carbocycles. The van der Waals surface area contributed by atoms with Crippen LogP contribution < -0.4 is 14.8 Å². The lowest BCUT2D eigenvalue weighted by Gasteiger charge is -2.60. The van der Waals surface area contributed by atoms with Crippen molar-refractivity contribution in [2.24, 2.45) is 0 Å². The number of carbonyl (C=O) groups excluding carboxylic acids is 3. The third-order valence-electron chi connectivity index (χ3n) is 8.73. The second-order valence-corrected chi connectivity index (χ2v) is 10.8. The van der Waals surface area contributed by atoms with E-state index in [1.165, 1.54) is 21.0 Å². The minimum Gasteiger partial charge on any atom is -0.504 e. The molecule has 1 aromatic carbocycles. The van der Waals surface area contributed by atoms with E-state index in [0.29, 0.717) is 23.5 Å². The molecule has 40 heavy (non-hydrogen) atoms. The number of rotatable bonds is 6. The number of amides is 1. The van der Waals surface area contributed by atoms with Gasteiger partial charge in [0.05, 0.1) is 25.3 Å². The zero-order valence-electron chi connectivity index (χ0n) is 23.5. The fraction of sp³-hybridized carbons (Fsp3) is 0.517. The standard InChI is InChI=1S/C29H34N4O7/c1-13-7-16-8-18-20(10-30)33-19(24(32(18)4)22(16)29(28(13)39-6)40-12-38-5)9-17-23(21(33)11-31-15(3)34)27(37)26(36)14(2)25(17)35/h7,18-21,24,36H,8-9,11-12H2,1-6H3,(H,31,34)/t18-,19?,20+,21+,24+/m1/s1. The maximum Gasteiger partial charge on any atom is 0.225 e. The summed E-state index contributed by atoms with van der Waals surface area (Å²) in [6.07, 6.45) is 0.716. The first-order valence-corrected chi connectivity index (χ1v) is 13.2. The molecular weight excluding hydrogens is 516 g/mol. The van der Waals surface area contributed by atoms with Crippen molar-refractivity contribution in [2.45, 2.75) is 63.8 Å². The summed E-state index contributed by atoms with van der Waals surface area (Å²) in [5.74, 6) is -0.801. The number of carbonyl (C=O) groups is 3. The molecular formula is C29H34N4O7. The Bertz CT molecular complexity index is 1410. The van der Waals surface area contributed by atoms with Gasteiger partial charge in [0.1, 0.15) is 6.04 Å². The normalized spacial score (nSPS) is 28.0. The van der Waals surface area contributed by atoms with Gasteiger partial charge in [-0.2, -0.15) is 5.26 Å². The highest BCUT2D eigenvalue weighted by molar-refractivity contribution is 6.24. The van der Waals surface area contributed by atoms with E-state index in [-0.39, 0.29) is 48.9 Å². The molecule has 3 aliphatic heterocycles. The van der Waals surface area contributed by atoms with Gasteiger partial charge in [0, 0.05) is 54.9 Å². The summed E-state index contributed by atoms with van der Waals surface area (Å²) in [5, 5.41) is 23.9. The minimum absolute atomic E-state index is 0.000180. The predicted molar refractivity (Wildman–Crippen MR) is 143 cm³/mol. The average Bonchev–Trinajstić information content (AvgIpc) is 2.92. The summed E-state index contributed by atoms with van der Waals surface area (Å²) in [5.41, 5.74) is 3.26. The van der Waals surface area contributed by atoms with Gasteiger partial charge in [-0.1, -0.05) is 6.07 Å². The smallest absolute Gasteiger partial charge is 0.225 e. The first kappa shape index (κ1) is 27.8. The summed E-state index contributed by atoms with van der Waals surface area (Å²) in [4.78, 5) is 43.1. The number of aliphatic hydroxyl groups is 1. The molecule has 4 aliphatic rings. The Balaban J connectivity index is 1.75. The third kappa shape index (κ3) is 4.01. The van der Waals surface area contributed by atoms with Crippen molar-refractivity contribution in [3.05, 3.63) is 45.2 Å². The van der Waals surface area contributed by atoms with E-state index >= 15 is 0 Å². The largest absolute Gasteiger partial charge is 0.504 e. The maximum atomic E-state index is 13.5. The van der Waals surface area contributed by atoms with Gasteiger partial charge >= 0.3 is 0 Å². The molecule has 5 rings (SSSR count). The van der Waals surface area contributed by atoms with Gasteiger partial charge in [-0.15, -0.1) is 0 Å². The van der Waals surface area contributed by atoms with Gasteiger partial charge in [0.25, 0.3) is 0 Å². The van der Waals surface area contributed by atoms with Crippen molar-refractivity contribution in [3.63, 3.8) is 0 Å². The van der Waals surface area contributed by atoms with Crippen LogP contribution >= 0.6 is 0 Å². The molecule has 3 heterocycles. The fourth-order valence-corrected chi connectivity index (χ4v) is 7.05. The number of ketones is 2. The number of benzene rings is 1. The van der Waals surface area contributed by atoms with Crippen molar-refractivity contribution in [1.29, 1.82) is 5.26 Å². The zero-order valence-corrected chi connectivity index (χ0v) is 23.5. The number of allylic oxidation sites excluding steroid dienone is 2. The van der Waals surface area contributed by atoms with Crippen LogP contribution in [0.15, 0.2) is 28.5 Å². The van der Waals surface area contributed by atoms with Gasteiger partial charge in [0.2, 0.25) is 11.7 Å². The molecule has 1 aliphatic carbocycles. The van der Waals surface area contributed by atoms with E-state index < -0.39 is 35.5 Å². The summed E-state index contributed by atoms with van der Waals surface area (Å²) in [6, 6.07) is 2.08. The van der Waals surface area contributed by atoms with E-state index in [1.807, 2.05) is 18.9 Å². The first-order chi connectivity index (χ1) is 19.1. The number of nitrogens with one attached hydrogen (secondary N) is 1. The fourth-order valence-electron chi connectivity index (χ4n) is 7.05. The number of aliphatic hydroxyl groups excluding tert-OH is 1. The van der Waals surface area contributed by atoms with Crippen LogP contribution in [0.4, 0.5) is 0 Å². The Kier molecular flexibility index (Phi) is 7.20. The van der Waals surface area contributed by atoms with E-state index in [4.69, 9.17) is 14.2 Å². The van der Waals surface area contributed by atoms with E-state index in [0.717, 1.165) is 16.7 Å². The van der Waals surface area contributed by atoms with Gasteiger partial charge in [0.15, 0.2) is 29.8 Å². The molecule has 1 fully saturated rings. The van der Waals surface area contributed by atoms with Crippen molar-refractivity contribution in [3.8, 4) is 17.6 Å². The minimum atomic E-state index is -0.787. The number of ether oxygens (including phenoxy) is 3. The highest BCUT2D eigenvalue weighted by Crippen LogP contribution is 2.54. The topological polar surface area (TPSA) is 141 Å². The number of Topliss-reactive ketones (excluding diaryl/α,β-unsaturated/α-hetero) is 2. The molecule has 1 unspecified atom stereocenters. The second kappa shape index (κ2) is 10.4. The molecule has 1 amide bonds. The third-order valence-corrected chi connectivity index (χ3v) is 8.73. The summed E-state index contributed by atoms with van der Waals surface area (Å²) in [6.45, 7) is 4.76. The Morgan fingerprint density at radius 3 is 2.52 bits per heavy atom. The first-order valence-electron chi connectivity index (χ1n) is 13.2. The SMILES string of the molecule is COCOc1c(OC)c(C)cc2c1[C@@H]1C3CC4=C(C(=O)C(O)=C(C)C4=O)[C@H](CNC(C)=O)N3[C@@H](C#N)[C@@H](C2)N1C. The number of methoxy groups -OCH3 is 2. The Hall–Kier alpha value is -3.72. The molecule has 2 N–H and O–H groups in total. The van der Waals surface area contributed by atoms with Crippen LogP contribution in [0.25, 0.3) is 0 Å². The van der Waals surface area contributed by atoms with Crippen LogP contribution in [0.2, 0.25) is 0 Å². The van der Waals surface area contributed by atoms with Crippen molar-refractivity contribution < 1.29 is 33.7 Å². The number of piperazine rings is 1. The highest BCUT2D eigenvalue weighted by Gasteiger charge is 2.57. The number of hydrogen-bond acceptors (Lipinski definition) is 10. The molecule has 0 aromatic heterocycles. The zero-order chi connectivity index (χ0) is 29.0. The molecule has 2 bridgehead atoms. The summed E-state index contributed by atoms with van der Waals surface area (Å²) < 4.78 is 17.1. The number of nitriles is 1. The monoisotopic (exact) mass is 550 g/mol. The van der Waals surface area contributed by atoms with Crippen molar-refractivity contribution in [2.75, 3.05) is 34.6 Å². The highest BCUT2D eigenvalue weighted by atomic mass is 16.7. The van der Waals surface area contributed by atoms with Crippen LogP contribution in [0, 0.1) is 18.3 Å². The number of nitrogens with zero attached hydrogens (tertiary/aromatic N) is 3. The van der Waals surface area contributed by atoms with Crippen molar-refractivity contribution >= 4 is 17.5 Å². The lowest BCUT2D eigenvalue weighted by atomic mass is 9.69. The lowest BCUT2D eigenvalue weighted by molar-refractivity contribution is -0.123. The molecule has 11 nitrogen and oxygen atoms in total. The second-order valence-electron chi connectivity index (χ2n) is 10.8. The van der Waals surface area contributed by atoms with Crippen LogP contribution in [-0.4, -0.2) is 91.2 Å². The van der Waals surface area contributed by atoms with Crippen LogP contribution in [0.1, 0.15) is 43.0 Å². The Morgan fingerprint density at radius 2 is 1.90 bits per heavy atom. The molecule has 1 aromatic rings. The number of hydrogen-bond donors (Lipinski definition) is 2. The summed E-state index contributed by atoms with van der Waals surface area (Å²) in [7, 11) is 5.08. The van der Waals surface area contributed by atoms with Crippen LogP contribution in [0.3, 0.4) is 0 Å². The van der Waals surface area contributed by atoms with Gasteiger partial charge in [-0.05, 0) is 44.9 Å². The van der Waals surface area contributed by atoms with E-state index in [2.05, 4.69) is 22.4 Å². The molecule has 0 spiro atoms. The molecule has 0 radical (unpaired) electrons. The summed E-state index contributed by atoms with van der Waals surface area (Å²) >= 11 is 0. The number of fused-ring (bicyclic) bond motifs is 6. The van der Waals surface area contributed by atoms with E-state index in [1.54, 1.807) is 7.11 Å². The number of likely N-dealkylation sites (N-methyl/N-ethyl adjacent to an activating group) is 1. The lowest BCUT2D eigenvalue weighted by Crippen LogP contribution is -2.71. The Labute approximate surface area is 233 Å². The van der Waals surface area contributed by atoms with Crippen LogP contribution in [-0.2, 0) is 25.5 Å². The van der Waals surface area contributed by atoms with Gasteiger partial charge in [-0.25, -0.2) is 0 Å². The number of aryl methyl sites for hydroxylation is 1. The molecule has 11 heteroatoms. The maximum absolute atomic E-state index is 13.5. The van der Waals surface area contributed by atoms with Gasteiger partial charge < -0.3 is 24.6 Å². The molecule has 212 valence electrons. The molecule has 5 atom stereocenters. The predicted octanol–water partition coefficient (Wildman–Crippen LogP) is 1.65.